The van der Waals surface area contributed by atoms with E-state index in [1.165, 1.54) is 24.3 Å². The summed E-state index contributed by atoms with van der Waals surface area (Å²) in [4.78, 5) is 26.4. The molecule has 0 saturated heterocycles. The lowest BCUT2D eigenvalue weighted by atomic mass is 10.2. The number of carbonyl (C=O) groups excluding carboxylic acids is 1. The van der Waals surface area contributed by atoms with Gasteiger partial charge in [-0.15, -0.1) is 0 Å². The van der Waals surface area contributed by atoms with Gasteiger partial charge in [-0.25, -0.2) is 4.98 Å². The summed E-state index contributed by atoms with van der Waals surface area (Å²) in [6, 6.07) is 13.5. The minimum atomic E-state index is -0.489. The number of amides is 1. The highest BCUT2D eigenvalue weighted by atomic mass is 16.6. The van der Waals surface area contributed by atoms with Crippen molar-refractivity contribution in [3.05, 3.63) is 70.5 Å². The van der Waals surface area contributed by atoms with E-state index in [0.29, 0.717) is 12.1 Å². The number of hydrogen-bond donors (Lipinski definition) is 1. The minimum absolute atomic E-state index is 0.0291. The van der Waals surface area contributed by atoms with Gasteiger partial charge in [0.1, 0.15) is 0 Å². The first-order valence-electron chi connectivity index (χ1n) is 7.57. The number of para-hydroxylation sites is 2. The molecule has 0 unspecified atom stereocenters. The summed E-state index contributed by atoms with van der Waals surface area (Å²) in [7, 11) is 0. The van der Waals surface area contributed by atoms with Crippen LogP contribution in [0.25, 0.3) is 11.0 Å². The Labute approximate surface area is 138 Å². The molecule has 24 heavy (non-hydrogen) atoms. The van der Waals surface area contributed by atoms with Gasteiger partial charge in [0.15, 0.2) is 0 Å². The number of nitrogens with zero attached hydrogens (tertiary/aromatic N) is 3. The summed E-state index contributed by atoms with van der Waals surface area (Å²) in [5, 5.41) is 13.4. The number of benzene rings is 2. The van der Waals surface area contributed by atoms with Crippen molar-refractivity contribution in [3.63, 3.8) is 0 Å². The van der Waals surface area contributed by atoms with Crippen LogP contribution in [-0.2, 0) is 6.54 Å². The predicted octanol–water partition coefficient (Wildman–Crippen LogP) is 2.76. The third-order valence-electron chi connectivity index (χ3n) is 3.73. The van der Waals surface area contributed by atoms with E-state index < -0.39 is 4.92 Å². The first-order valence-corrected chi connectivity index (χ1v) is 7.57. The van der Waals surface area contributed by atoms with Gasteiger partial charge < -0.3 is 9.88 Å². The third-order valence-corrected chi connectivity index (χ3v) is 3.73. The molecular weight excluding hydrogens is 308 g/mol. The fraction of sp³-hybridized carbons (Fsp3) is 0.176. The van der Waals surface area contributed by atoms with Crippen LogP contribution in [0.15, 0.2) is 54.9 Å². The number of carbonyl (C=O) groups is 1. The highest BCUT2D eigenvalue weighted by Crippen LogP contribution is 2.13. The standard InChI is InChI=1S/C17H16N4O3/c22-17(13-6-8-14(9-7-13)21(23)24)18-10-3-11-20-12-19-15-4-1-2-5-16(15)20/h1-2,4-9,12H,3,10-11H2,(H,18,22). The maximum Gasteiger partial charge on any atom is 0.269 e. The zero-order valence-electron chi connectivity index (χ0n) is 12.9. The number of nitro benzene ring substituents is 1. The molecule has 7 nitrogen and oxygen atoms in total. The van der Waals surface area contributed by atoms with Crippen LogP contribution in [-0.4, -0.2) is 26.9 Å². The normalized spacial score (nSPS) is 10.7. The molecule has 0 spiro atoms. The topological polar surface area (TPSA) is 90.1 Å². The highest BCUT2D eigenvalue weighted by molar-refractivity contribution is 5.94. The second-order valence-electron chi connectivity index (χ2n) is 5.34. The van der Waals surface area contributed by atoms with Gasteiger partial charge >= 0.3 is 0 Å². The van der Waals surface area contributed by atoms with Crippen molar-refractivity contribution in [1.82, 2.24) is 14.9 Å². The number of nitrogens with one attached hydrogen (secondary N) is 1. The lowest BCUT2D eigenvalue weighted by molar-refractivity contribution is -0.384. The first-order chi connectivity index (χ1) is 11.6. The molecule has 0 aliphatic rings. The van der Waals surface area contributed by atoms with Gasteiger partial charge in [0, 0.05) is 30.8 Å². The van der Waals surface area contributed by atoms with Crippen molar-refractivity contribution in [2.45, 2.75) is 13.0 Å². The van der Waals surface area contributed by atoms with Crippen LogP contribution < -0.4 is 5.32 Å². The van der Waals surface area contributed by atoms with Crippen molar-refractivity contribution in [3.8, 4) is 0 Å². The largest absolute Gasteiger partial charge is 0.352 e. The van der Waals surface area contributed by atoms with E-state index in [1.54, 1.807) is 6.33 Å². The van der Waals surface area contributed by atoms with Gasteiger partial charge in [-0.3, -0.25) is 14.9 Å². The van der Waals surface area contributed by atoms with Crippen LogP contribution in [0.1, 0.15) is 16.8 Å². The molecule has 3 rings (SSSR count). The molecular formula is C17H16N4O3. The fourth-order valence-corrected chi connectivity index (χ4v) is 2.48. The lowest BCUT2D eigenvalue weighted by Crippen LogP contribution is -2.25. The quantitative estimate of drug-likeness (QED) is 0.429. The van der Waals surface area contributed by atoms with Gasteiger partial charge in [-0.1, -0.05) is 12.1 Å². The number of non-ortho nitro benzene ring substituents is 1. The number of aryl methyl sites for hydroxylation is 1. The van der Waals surface area contributed by atoms with E-state index in [9.17, 15) is 14.9 Å². The molecule has 3 aromatic rings. The van der Waals surface area contributed by atoms with Gasteiger partial charge in [-0.05, 0) is 30.7 Å². The SMILES string of the molecule is O=C(NCCCn1cnc2ccccc21)c1ccc([N+](=O)[O-])cc1. The highest BCUT2D eigenvalue weighted by Gasteiger charge is 2.09. The molecule has 0 atom stereocenters. The van der Waals surface area contributed by atoms with E-state index in [0.717, 1.165) is 24.0 Å². The third kappa shape index (κ3) is 3.40. The molecule has 0 aliphatic heterocycles. The molecule has 1 N–H and O–H groups in total. The van der Waals surface area contributed by atoms with Crippen LogP contribution in [0.4, 0.5) is 5.69 Å². The average Bonchev–Trinajstić information content (AvgIpc) is 3.02. The van der Waals surface area contributed by atoms with Crippen molar-refractivity contribution in [1.29, 1.82) is 0 Å². The first kappa shape index (κ1) is 15.7. The van der Waals surface area contributed by atoms with E-state index in [1.807, 2.05) is 28.8 Å². The van der Waals surface area contributed by atoms with Crippen LogP contribution in [0.2, 0.25) is 0 Å². The van der Waals surface area contributed by atoms with Gasteiger partial charge in [0.05, 0.1) is 22.3 Å². The number of fused-ring (bicyclic) bond motifs is 1. The Bertz CT molecular complexity index is 871. The summed E-state index contributed by atoms with van der Waals surface area (Å²) in [5.74, 6) is -0.236. The minimum Gasteiger partial charge on any atom is -0.352 e. The Morgan fingerprint density at radius 3 is 2.67 bits per heavy atom. The number of nitro groups is 1. The summed E-state index contributed by atoms with van der Waals surface area (Å²) < 4.78 is 2.05. The van der Waals surface area contributed by atoms with Crippen LogP contribution in [0, 0.1) is 10.1 Å². The maximum atomic E-state index is 12.0. The zero-order chi connectivity index (χ0) is 16.9. The Kier molecular flexibility index (Phi) is 4.51. The predicted molar refractivity (Wildman–Crippen MR) is 89.8 cm³/mol. The Morgan fingerprint density at radius 1 is 1.17 bits per heavy atom. The zero-order valence-corrected chi connectivity index (χ0v) is 12.9. The number of hydrogen-bond acceptors (Lipinski definition) is 4. The van der Waals surface area contributed by atoms with Crippen molar-refractivity contribution in [2.24, 2.45) is 0 Å². The summed E-state index contributed by atoms with van der Waals surface area (Å²) in [6.45, 7) is 1.27. The molecule has 122 valence electrons. The van der Waals surface area contributed by atoms with E-state index in [4.69, 9.17) is 0 Å². The van der Waals surface area contributed by atoms with Gasteiger partial charge in [0.2, 0.25) is 0 Å². The molecule has 7 heteroatoms. The molecule has 0 radical (unpaired) electrons. The van der Waals surface area contributed by atoms with Crippen molar-refractivity contribution in [2.75, 3.05) is 6.54 Å². The van der Waals surface area contributed by atoms with Crippen molar-refractivity contribution < 1.29 is 9.72 Å². The van der Waals surface area contributed by atoms with E-state index in [2.05, 4.69) is 10.3 Å². The molecule has 2 aromatic carbocycles. The smallest absolute Gasteiger partial charge is 0.269 e. The molecule has 1 heterocycles. The molecule has 0 saturated carbocycles. The maximum absolute atomic E-state index is 12.0. The lowest BCUT2D eigenvalue weighted by Gasteiger charge is -2.07. The van der Waals surface area contributed by atoms with Crippen LogP contribution in [0.3, 0.4) is 0 Å². The van der Waals surface area contributed by atoms with Crippen LogP contribution >= 0.6 is 0 Å². The number of aromatic nitrogens is 2. The van der Waals surface area contributed by atoms with Crippen molar-refractivity contribution >= 4 is 22.6 Å². The molecule has 1 aromatic heterocycles. The number of rotatable bonds is 6. The average molecular weight is 324 g/mol. The second kappa shape index (κ2) is 6.91. The summed E-state index contributed by atoms with van der Waals surface area (Å²) in [5.41, 5.74) is 2.40. The van der Waals surface area contributed by atoms with E-state index in [-0.39, 0.29) is 11.6 Å². The Balaban J connectivity index is 1.51. The second-order valence-corrected chi connectivity index (χ2v) is 5.34. The molecule has 0 bridgehead atoms. The van der Waals surface area contributed by atoms with Crippen LogP contribution in [0.5, 0.6) is 0 Å². The Morgan fingerprint density at radius 2 is 1.92 bits per heavy atom. The number of imidazole rings is 1. The summed E-state index contributed by atoms with van der Waals surface area (Å²) >= 11 is 0. The molecule has 1 amide bonds. The fourth-order valence-electron chi connectivity index (χ4n) is 2.48. The molecule has 0 fully saturated rings. The van der Waals surface area contributed by atoms with Gasteiger partial charge in [-0.2, -0.15) is 0 Å². The summed E-state index contributed by atoms with van der Waals surface area (Å²) in [6.07, 6.45) is 2.56. The Hall–Kier alpha value is -3.22. The monoisotopic (exact) mass is 324 g/mol. The molecule has 0 aliphatic carbocycles. The van der Waals surface area contributed by atoms with E-state index >= 15 is 0 Å². The van der Waals surface area contributed by atoms with Gasteiger partial charge in [0.25, 0.3) is 11.6 Å².